The zero-order valence-electron chi connectivity index (χ0n) is 18.7. The molecule has 1 aliphatic rings. The standard InChI is InChI=1S/C24H33N3O3S/c1-19-9-7-12-23(15-19)27(31(3,29)30)20(2)24(28)25-17-21-10-8-11-22(16-21)18-26-13-5-4-6-14-26/h7-12,15-16,20H,4-6,13-14,17-18H2,1-3H3,(H,25,28). The fourth-order valence-corrected chi connectivity index (χ4v) is 5.29. The second-order valence-electron chi connectivity index (χ2n) is 8.45. The van der Waals surface area contributed by atoms with Crippen molar-refractivity contribution >= 4 is 21.6 Å². The molecule has 3 rings (SSSR count). The number of carbonyl (C=O) groups is 1. The molecule has 1 N–H and O–H groups in total. The average Bonchev–Trinajstić information content (AvgIpc) is 2.72. The Morgan fingerprint density at radius 3 is 2.42 bits per heavy atom. The van der Waals surface area contributed by atoms with Crippen molar-refractivity contribution in [2.24, 2.45) is 0 Å². The minimum atomic E-state index is -3.62. The van der Waals surface area contributed by atoms with Gasteiger partial charge in [-0.2, -0.15) is 0 Å². The van der Waals surface area contributed by atoms with Gasteiger partial charge in [-0.05, 0) is 68.6 Å². The Labute approximate surface area is 186 Å². The van der Waals surface area contributed by atoms with Gasteiger partial charge < -0.3 is 5.32 Å². The SMILES string of the molecule is Cc1cccc(N(C(C)C(=O)NCc2cccc(CN3CCCCC3)c2)S(C)(=O)=O)c1. The van der Waals surface area contributed by atoms with Crippen LogP contribution in [0.3, 0.4) is 0 Å². The van der Waals surface area contributed by atoms with Gasteiger partial charge in [0.05, 0.1) is 11.9 Å². The number of carbonyl (C=O) groups excluding carboxylic acids is 1. The molecule has 1 atom stereocenters. The molecule has 6 nitrogen and oxygen atoms in total. The first-order chi connectivity index (χ1) is 14.7. The molecule has 1 amide bonds. The molecule has 0 aliphatic carbocycles. The molecular formula is C24H33N3O3S. The highest BCUT2D eigenvalue weighted by molar-refractivity contribution is 7.92. The third-order valence-electron chi connectivity index (χ3n) is 5.66. The third-order valence-corrected chi connectivity index (χ3v) is 6.90. The van der Waals surface area contributed by atoms with Crippen LogP contribution in [-0.4, -0.2) is 44.6 Å². The molecule has 1 heterocycles. The number of nitrogens with zero attached hydrogens (tertiary/aromatic N) is 2. The average molecular weight is 444 g/mol. The molecule has 0 saturated carbocycles. The van der Waals surface area contributed by atoms with Crippen LogP contribution in [0.25, 0.3) is 0 Å². The number of sulfonamides is 1. The van der Waals surface area contributed by atoms with E-state index in [-0.39, 0.29) is 5.91 Å². The number of anilines is 1. The molecule has 0 spiro atoms. The second kappa shape index (κ2) is 10.3. The van der Waals surface area contributed by atoms with Crippen molar-refractivity contribution in [2.45, 2.75) is 52.2 Å². The van der Waals surface area contributed by atoms with E-state index in [0.29, 0.717) is 12.2 Å². The summed E-state index contributed by atoms with van der Waals surface area (Å²) in [6.07, 6.45) is 4.95. The Hall–Kier alpha value is -2.38. The molecule has 0 aromatic heterocycles. The quantitative estimate of drug-likeness (QED) is 0.678. The van der Waals surface area contributed by atoms with Gasteiger partial charge >= 0.3 is 0 Å². The Balaban J connectivity index is 1.65. The van der Waals surface area contributed by atoms with Crippen molar-refractivity contribution in [1.82, 2.24) is 10.2 Å². The summed E-state index contributed by atoms with van der Waals surface area (Å²) >= 11 is 0. The smallest absolute Gasteiger partial charge is 0.243 e. The van der Waals surface area contributed by atoms with Crippen LogP contribution < -0.4 is 9.62 Å². The van der Waals surface area contributed by atoms with E-state index in [1.165, 1.54) is 29.1 Å². The molecule has 7 heteroatoms. The van der Waals surface area contributed by atoms with E-state index in [1.54, 1.807) is 25.1 Å². The summed E-state index contributed by atoms with van der Waals surface area (Å²) in [5.41, 5.74) is 3.67. The number of piperidine rings is 1. The first-order valence-corrected chi connectivity index (χ1v) is 12.7. The predicted octanol–water partition coefficient (Wildman–Crippen LogP) is 3.45. The molecule has 0 bridgehead atoms. The predicted molar refractivity (Wildman–Crippen MR) is 125 cm³/mol. The highest BCUT2D eigenvalue weighted by Gasteiger charge is 2.29. The van der Waals surface area contributed by atoms with Crippen LogP contribution in [0, 0.1) is 6.92 Å². The van der Waals surface area contributed by atoms with Crippen molar-refractivity contribution in [3.05, 3.63) is 65.2 Å². The van der Waals surface area contributed by atoms with Crippen LogP contribution in [-0.2, 0) is 27.9 Å². The van der Waals surface area contributed by atoms with Gasteiger partial charge in [0.15, 0.2) is 0 Å². The number of hydrogen-bond donors (Lipinski definition) is 1. The van der Waals surface area contributed by atoms with Gasteiger partial charge in [0.2, 0.25) is 15.9 Å². The molecule has 168 valence electrons. The van der Waals surface area contributed by atoms with Crippen molar-refractivity contribution in [2.75, 3.05) is 23.7 Å². The van der Waals surface area contributed by atoms with Crippen molar-refractivity contribution in [3.63, 3.8) is 0 Å². The summed E-state index contributed by atoms with van der Waals surface area (Å²) in [6, 6.07) is 14.6. The van der Waals surface area contributed by atoms with Crippen LogP contribution in [0.15, 0.2) is 48.5 Å². The van der Waals surface area contributed by atoms with Crippen LogP contribution >= 0.6 is 0 Å². The van der Waals surface area contributed by atoms with Gasteiger partial charge in [-0.1, -0.05) is 42.8 Å². The highest BCUT2D eigenvalue weighted by atomic mass is 32.2. The first kappa shape index (κ1) is 23.3. The zero-order chi connectivity index (χ0) is 22.4. The van der Waals surface area contributed by atoms with E-state index in [1.807, 2.05) is 25.1 Å². The lowest BCUT2D eigenvalue weighted by Gasteiger charge is -2.28. The van der Waals surface area contributed by atoms with E-state index in [0.717, 1.165) is 37.0 Å². The monoisotopic (exact) mass is 443 g/mol. The molecular weight excluding hydrogens is 410 g/mol. The molecule has 0 radical (unpaired) electrons. The first-order valence-electron chi connectivity index (χ1n) is 10.9. The number of nitrogens with one attached hydrogen (secondary N) is 1. The maximum Gasteiger partial charge on any atom is 0.243 e. The third kappa shape index (κ3) is 6.55. The summed E-state index contributed by atoms with van der Waals surface area (Å²) in [6.45, 7) is 7.07. The van der Waals surface area contributed by atoms with E-state index in [9.17, 15) is 13.2 Å². The second-order valence-corrected chi connectivity index (χ2v) is 10.3. The molecule has 1 fully saturated rings. The number of likely N-dealkylation sites (tertiary alicyclic amines) is 1. The lowest BCUT2D eigenvalue weighted by molar-refractivity contribution is -0.122. The van der Waals surface area contributed by atoms with Gasteiger partial charge in [0.25, 0.3) is 0 Å². The molecule has 31 heavy (non-hydrogen) atoms. The Morgan fingerprint density at radius 2 is 1.74 bits per heavy atom. The molecule has 1 saturated heterocycles. The van der Waals surface area contributed by atoms with Crippen LogP contribution in [0.4, 0.5) is 5.69 Å². The summed E-state index contributed by atoms with van der Waals surface area (Å²) in [5, 5.41) is 2.91. The van der Waals surface area contributed by atoms with E-state index < -0.39 is 16.1 Å². The summed E-state index contributed by atoms with van der Waals surface area (Å²) in [4.78, 5) is 15.3. The van der Waals surface area contributed by atoms with Crippen molar-refractivity contribution in [3.8, 4) is 0 Å². The topological polar surface area (TPSA) is 69.7 Å². The molecule has 2 aromatic carbocycles. The number of rotatable bonds is 8. The fraction of sp³-hybridized carbons (Fsp3) is 0.458. The Kier molecular flexibility index (Phi) is 7.73. The lowest BCUT2D eigenvalue weighted by atomic mass is 10.1. The van der Waals surface area contributed by atoms with Gasteiger partial charge in [-0.15, -0.1) is 0 Å². The van der Waals surface area contributed by atoms with Crippen LogP contribution in [0.5, 0.6) is 0 Å². The maximum atomic E-state index is 12.8. The van der Waals surface area contributed by atoms with Crippen LogP contribution in [0.2, 0.25) is 0 Å². The minimum absolute atomic E-state index is 0.326. The summed E-state index contributed by atoms with van der Waals surface area (Å²) in [7, 11) is -3.62. The number of benzene rings is 2. The van der Waals surface area contributed by atoms with Crippen molar-refractivity contribution < 1.29 is 13.2 Å². The molecule has 2 aromatic rings. The Morgan fingerprint density at radius 1 is 1.06 bits per heavy atom. The zero-order valence-corrected chi connectivity index (χ0v) is 19.5. The van der Waals surface area contributed by atoms with E-state index in [2.05, 4.69) is 22.3 Å². The largest absolute Gasteiger partial charge is 0.350 e. The van der Waals surface area contributed by atoms with Gasteiger partial charge in [0, 0.05) is 13.1 Å². The normalized spacial score (nSPS) is 16.0. The summed E-state index contributed by atoms with van der Waals surface area (Å²) in [5.74, 6) is -0.326. The van der Waals surface area contributed by atoms with E-state index >= 15 is 0 Å². The fourth-order valence-electron chi connectivity index (χ4n) is 4.12. The number of amides is 1. The number of aryl methyl sites for hydroxylation is 1. The highest BCUT2D eigenvalue weighted by Crippen LogP contribution is 2.22. The van der Waals surface area contributed by atoms with Gasteiger partial charge in [-0.25, -0.2) is 8.42 Å². The molecule has 1 unspecified atom stereocenters. The van der Waals surface area contributed by atoms with E-state index in [4.69, 9.17) is 0 Å². The molecule has 1 aliphatic heterocycles. The minimum Gasteiger partial charge on any atom is -0.350 e. The van der Waals surface area contributed by atoms with Gasteiger partial charge in [-0.3, -0.25) is 14.0 Å². The number of hydrogen-bond acceptors (Lipinski definition) is 4. The van der Waals surface area contributed by atoms with Crippen LogP contribution in [0.1, 0.15) is 42.9 Å². The Bertz CT molecular complexity index is 1000. The summed E-state index contributed by atoms with van der Waals surface area (Å²) < 4.78 is 26.1. The van der Waals surface area contributed by atoms with Gasteiger partial charge in [0.1, 0.15) is 6.04 Å². The lowest BCUT2D eigenvalue weighted by Crippen LogP contribution is -2.47. The van der Waals surface area contributed by atoms with Crippen molar-refractivity contribution in [1.29, 1.82) is 0 Å². The maximum absolute atomic E-state index is 12.8.